The molecule has 8 atom stereocenters. The number of primary amides is 2. The number of Topliss-reactive ketones (excluding diaryl/α,β-unsaturated/α-hetero) is 4. The van der Waals surface area contributed by atoms with Crippen LogP contribution in [0.2, 0.25) is 0 Å². The van der Waals surface area contributed by atoms with Crippen LogP contribution in [-0.2, 0) is 59.6 Å². The fourth-order valence-electron chi connectivity index (χ4n) is 13.4. The molecule has 6 aliphatic rings. The molecule has 4 aromatic rings. The Bertz CT molecular complexity index is 3480. The number of nitrogens with two attached hydrogens (primary N) is 2. The predicted octanol–water partition coefficient (Wildman–Crippen LogP) is 5.07. The second kappa shape index (κ2) is 23.4. The van der Waals surface area contributed by atoms with Gasteiger partial charge in [-0.25, -0.2) is 0 Å². The van der Waals surface area contributed by atoms with Crippen LogP contribution in [-0.4, -0.2) is 157 Å². The van der Waals surface area contributed by atoms with Crippen LogP contribution in [0.5, 0.6) is 11.5 Å². The Labute approximate surface area is 487 Å². The maximum absolute atomic E-state index is 14.5. The van der Waals surface area contributed by atoms with E-state index in [1.807, 2.05) is 118 Å². The van der Waals surface area contributed by atoms with Gasteiger partial charge in [-0.15, -0.1) is 0 Å². The van der Waals surface area contributed by atoms with Crippen molar-refractivity contribution in [3.05, 3.63) is 152 Å². The molecule has 444 valence electrons. The van der Waals surface area contributed by atoms with E-state index >= 15 is 0 Å². The minimum atomic E-state index is -2.65. The van der Waals surface area contributed by atoms with E-state index in [-0.39, 0.29) is 54.5 Å². The number of unbranched alkanes of at least 4 members (excludes halogenated alkanes) is 1. The zero-order valence-corrected chi connectivity index (χ0v) is 48.8. The summed E-state index contributed by atoms with van der Waals surface area (Å²) >= 11 is 0. The van der Waals surface area contributed by atoms with Crippen molar-refractivity contribution in [3.8, 4) is 11.5 Å². The van der Waals surface area contributed by atoms with Gasteiger partial charge >= 0.3 is 0 Å². The maximum Gasteiger partial charge on any atom is 0.255 e. The number of ketones is 4. The molecule has 0 heterocycles. The Morgan fingerprint density at radius 2 is 1.01 bits per heavy atom. The van der Waals surface area contributed by atoms with Crippen LogP contribution in [0.4, 0.5) is 11.4 Å². The van der Waals surface area contributed by atoms with Crippen molar-refractivity contribution in [2.45, 2.75) is 81.9 Å². The van der Waals surface area contributed by atoms with Crippen molar-refractivity contribution in [2.75, 3.05) is 72.8 Å². The molecule has 0 radical (unpaired) electrons. The van der Waals surface area contributed by atoms with Crippen LogP contribution < -0.4 is 30.7 Å². The lowest BCUT2D eigenvalue weighted by Gasteiger charge is -2.50. The highest BCUT2D eigenvalue weighted by molar-refractivity contribution is 6.33. The molecular weight excluding hydrogens is 1080 g/mol. The van der Waals surface area contributed by atoms with Gasteiger partial charge in [0.15, 0.2) is 17.0 Å². The summed E-state index contributed by atoms with van der Waals surface area (Å²) in [6.45, 7) is 2.73. The monoisotopic (exact) mass is 1150 g/mol. The number of likely N-dealkylation sites (N-methyl/N-ethyl adjacent to an activating group) is 2. The number of nitrogens with zero attached hydrogens (tertiary/aromatic N) is 4. The Hall–Kier alpha value is -8.30. The van der Waals surface area contributed by atoms with Crippen LogP contribution in [0, 0.1) is 23.7 Å². The summed E-state index contributed by atoms with van der Waals surface area (Å²) in [5.41, 5.74) is 10.2. The Kier molecular flexibility index (Phi) is 16.8. The quantitative estimate of drug-likeness (QED) is 0.0438. The number of rotatable bonds is 16. The Balaban J connectivity index is 0.000000208. The number of fused-ring (bicyclic) bond motifs is 6. The minimum absolute atomic E-state index is 0.0252. The van der Waals surface area contributed by atoms with Crippen molar-refractivity contribution in [1.82, 2.24) is 9.80 Å². The fraction of sp³-hybridized carbons (Fsp3) is 0.406. The SMILES string of the molecule is CCCCOc1ccc(N(C)C)c2c1C(O)=C1C(=O)[C@]3(O)C(O)=C(C(N)=O)C(=O)[C@@H](N(C)C)[C@@H]3C[C@@H]1C2.CN(C)c1ccc(OCc2ccccc2)c2c1C[C@H]1C[C@H]3[C@H](N(C)C)C(OCc4ccccc4)=C(C(N)=O)C(=O)[C@@]3(O)C(=O)C1=C2O. The lowest BCUT2D eigenvalue weighted by Crippen LogP contribution is -2.67. The smallest absolute Gasteiger partial charge is 0.255 e. The summed E-state index contributed by atoms with van der Waals surface area (Å²) in [6, 6.07) is 24.2. The van der Waals surface area contributed by atoms with Crippen molar-refractivity contribution >= 4 is 57.8 Å². The average molecular weight is 1150 g/mol. The van der Waals surface area contributed by atoms with Crippen molar-refractivity contribution in [2.24, 2.45) is 35.1 Å². The molecule has 2 saturated carbocycles. The van der Waals surface area contributed by atoms with Crippen LogP contribution in [0.1, 0.15) is 66.0 Å². The first-order chi connectivity index (χ1) is 39.8. The first-order valence-electron chi connectivity index (χ1n) is 28.1. The molecule has 10 rings (SSSR count). The molecule has 20 nitrogen and oxygen atoms in total. The summed E-state index contributed by atoms with van der Waals surface area (Å²) in [5, 5.41) is 58.4. The lowest BCUT2D eigenvalue weighted by atomic mass is 9.57. The van der Waals surface area contributed by atoms with Crippen LogP contribution in [0.15, 0.2) is 119 Å². The van der Waals surface area contributed by atoms with Gasteiger partial charge in [-0.3, -0.25) is 38.6 Å². The average Bonchev–Trinajstić information content (AvgIpc) is 0.785. The van der Waals surface area contributed by atoms with Crippen molar-refractivity contribution < 1.29 is 68.5 Å². The number of aliphatic hydroxyl groups excluding tert-OH is 3. The van der Waals surface area contributed by atoms with Gasteiger partial charge in [0, 0.05) is 62.5 Å². The van der Waals surface area contributed by atoms with Crippen LogP contribution >= 0.6 is 0 Å². The standard InChI is InChI=1S/C37H39N3O7.C27H35N3O7/c1-39(2)26-15-16-27(46-19-21-11-7-5-8-12-21)29-24(26)17-23-18-25-31(40(3)4)33(47-20-22-13-9-6-10-14-22)30(36(38)44)35(43)37(25,45)34(42)28(23)32(29)41;1-6-7-10-37-17-9-8-16(29(2)3)14-11-13-12-15-21(30(4)5)23(32)20(26(28)35)25(34)27(15,36)24(33)18(13)22(31)19(14)17/h5-16,23,25,31,41,45H,17-20H2,1-4H3,(H2,38,44);8-9,13,15,21,31,34,36H,6-7,10-12H2,1-5H3,(H2,28,35)/t23-,25-,31-,37-;13-,15-,21-,27-/m00/s1. The maximum atomic E-state index is 14.5. The van der Waals surface area contributed by atoms with Crippen LogP contribution in [0.3, 0.4) is 0 Å². The van der Waals surface area contributed by atoms with E-state index in [0.29, 0.717) is 42.1 Å². The summed E-state index contributed by atoms with van der Waals surface area (Å²) < 4.78 is 18.3. The van der Waals surface area contributed by atoms with Gasteiger partial charge in [0.25, 0.3) is 11.8 Å². The Morgan fingerprint density at radius 1 is 0.571 bits per heavy atom. The molecule has 0 unspecified atom stereocenters. The number of hydrogen-bond donors (Lipinski definition) is 7. The summed E-state index contributed by atoms with van der Waals surface area (Å²) in [5.74, 6) is -10.1. The van der Waals surface area contributed by atoms with E-state index in [2.05, 4.69) is 0 Å². The highest BCUT2D eigenvalue weighted by Crippen LogP contribution is 2.56. The minimum Gasteiger partial charge on any atom is -0.508 e. The molecule has 0 aliphatic heterocycles. The Morgan fingerprint density at radius 3 is 1.45 bits per heavy atom. The second-order valence-electron chi connectivity index (χ2n) is 23.3. The van der Waals surface area contributed by atoms with Gasteiger partial charge in [-0.05, 0) is 119 Å². The van der Waals surface area contributed by atoms with Gasteiger partial charge in [-0.2, -0.15) is 0 Å². The van der Waals surface area contributed by atoms with Crippen molar-refractivity contribution in [1.29, 1.82) is 0 Å². The third-order valence-electron chi connectivity index (χ3n) is 17.3. The highest BCUT2D eigenvalue weighted by Gasteiger charge is 2.66. The number of hydrogen-bond acceptors (Lipinski definition) is 18. The van der Waals surface area contributed by atoms with Gasteiger partial charge in [0.05, 0.1) is 29.8 Å². The number of carbonyl (C=O) groups is 6. The molecule has 2 fully saturated rings. The third-order valence-corrected chi connectivity index (χ3v) is 17.3. The number of carbonyl (C=O) groups excluding carboxylic acids is 6. The molecule has 0 aromatic heterocycles. The molecule has 0 spiro atoms. The van der Waals surface area contributed by atoms with Gasteiger partial charge in [0.1, 0.15) is 58.9 Å². The lowest BCUT2D eigenvalue weighted by molar-refractivity contribution is -0.163. The van der Waals surface area contributed by atoms with E-state index in [0.717, 1.165) is 46.5 Å². The number of benzene rings is 4. The highest BCUT2D eigenvalue weighted by atomic mass is 16.5. The number of anilines is 2. The molecule has 2 amide bonds. The summed E-state index contributed by atoms with van der Waals surface area (Å²) in [6.07, 6.45) is 2.69. The topological polar surface area (TPSA) is 296 Å². The van der Waals surface area contributed by atoms with Gasteiger partial charge < -0.3 is 61.0 Å². The fourth-order valence-corrected chi connectivity index (χ4v) is 13.4. The molecule has 20 heteroatoms. The van der Waals surface area contributed by atoms with Gasteiger partial charge in [-0.1, -0.05) is 74.0 Å². The van der Waals surface area contributed by atoms with Gasteiger partial charge in [0.2, 0.25) is 17.3 Å². The van der Waals surface area contributed by atoms with E-state index < -0.39 is 98.8 Å². The van der Waals surface area contributed by atoms with E-state index in [1.54, 1.807) is 45.2 Å². The zero-order chi connectivity index (χ0) is 61.0. The van der Waals surface area contributed by atoms with Crippen molar-refractivity contribution in [3.63, 3.8) is 0 Å². The molecule has 0 bridgehead atoms. The molecular formula is C64H74N6O14. The summed E-state index contributed by atoms with van der Waals surface area (Å²) in [7, 11) is 14.2. The normalized spacial score (nSPS) is 25.2. The number of aliphatic hydroxyl groups is 5. The van der Waals surface area contributed by atoms with E-state index in [9.17, 15) is 54.3 Å². The first kappa shape index (κ1) is 60.3. The number of ether oxygens (including phenoxy) is 3. The van der Waals surface area contributed by atoms with E-state index in [1.165, 1.54) is 4.90 Å². The first-order valence-corrected chi connectivity index (χ1v) is 28.1. The largest absolute Gasteiger partial charge is 0.508 e. The summed E-state index contributed by atoms with van der Waals surface area (Å²) in [4.78, 5) is 87.9. The molecule has 84 heavy (non-hydrogen) atoms. The number of amides is 2. The third kappa shape index (κ3) is 10.1. The second-order valence-corrected chi connectivity index (χ2v) is 23.3. The van der Waals surface area contributed by atoms with Crippen LogP contribution in [0.25, 0.3) is 11.5 Å². The molecule has 6 aliphatic carbocycles. The molecule has 0 saturated heterocycles. The zero-order valence-electron chi connectivity index (χ0n) is 48.8. The predicted molar refractivity (Wildman–Crippen MR) is 314 cm³/mol. The van der Waals surface area contributed by atoms with E-state index in [4.69, 9.17) is 25.7 Å². The molecule has 4 aromatic carbocycles. The molecule has 9 N–H and O–H groups in total.